The molecule has 0 saturated heterocycles. The molecule has 4 rings (SSSR count). The summed E-state index contributed by atoms with van der Waals surface area (Å²) < 4.78 is 6.91. The van der Waals surface area contributed by atoms with Gasteiger partial charge in [-0.2, -0.15) is 0 Å². The Kier molecular flexibility index (Phi) is 6.39. The largest absolute Gasteiger partial charge is 0.454 e. The molecule has 1 aliphatic rings. The second kappa shape index (κ2) is 9.20. The lowest BCUT2D eigenvalue weighted by Crippen LogP contribution is -2.26. The van der Waals surface area contributed by atoms with E-state index in [4.69, 9.17) is 27.9 Å². The van der Waals surface area contributed by atoms with Gasteiger partial charge in [-0.25, -0.2) is 9.78 Å². The van der Waals surface area contributed by atoms with Crippen LogP contribution in [0.4, 0.5) is 0 Å². The molecule has 6 nitrogen and oxygen atoms in total. The number of benzene rings is 2. The van der Waals surface area contributed by atoms with Crippen molar-refractivity contribution in [1.82, 2.24) is 9.55 Å². The fraction of sp³-hybridized carbons (Fsp3) is 0.304. The molecule has 3 aromatic rings. The third-order valence-corrected chi connectivity index (χ3v) is 5.92. The van der Waals surface area contributed by atoms with Crippen molar-refractivity contribution in [2.75, 3.05) is 6.61 Å². The molecule has 31 heavy (non-hydrogen) atoms. The van der Waals surface area contributed by atoms with Crippen molar-refractivity contribution in [3.8, 4) is 0 Å². The molecule has 0 unspecified atom stereocenters. The van der Waals surface area contributed by atoms with Gasteiger partial charge < -0.3 is 4.74 Å². The van der Waals surface area contributed by atoms with Gasteiger partial charge in [0.05, 0.1) is 21.5 Å². The van der Waals surface area contributed by atoms with Crippen LogP contribution in [0.2, 0.25) is 10.0 Å². The number of Topliss-reactive ketones (excluding diaryl/α,β-unsaturated/α-hetero) is 1. The average molecular weight is 459 g/mol. The molecule has 2 heterocycles. The van der Waals surface area contributed by atoms with Gasteiger partial charge in [0.2, 0.25) is 5.78 Å². The fourth-order valence-electron chi connectivity index (χ4n) is 3.73. The number of nitrogens with zero attached hydrogens (tertiary/aromatic N) is 2. The van der Waals surface area contributed by atoms with Crippen LogP contribution in [0.25, 0.3) is 10.9 Å². The summed E-state index contributed by atoms with van der Waals surface area (Å²) in [4.78, 5) is 42.4. The van der Waals surface area contributed by atoms with Crippen LogP contribution in [0.5, 0.6) is 0 Å². The highest BCUT2D eigenvalue weighted by molar-refractivity contribution is 6.36. The minimum Gasteiger partial charge on any atom is -0.454 e. The molecule has 0 amide bonds. The van der Waals surface area contributed by atoms with E-state index in [2.05, 4.69) is 4.98 Å². The molecular weight excluding hydrogens is 439 g/mol. The number of fused-ring (bicyclic) bond motifs is 2. The minimum absolute atomic E-state index is 0.0885. The number of ether oxygens (including phenoxy) is 1. The van der Waals surface area contributed by atoms with Crippen LogP contribution in [0, 0.1) is 0 Å². The highest BCUT2D eigenvalue weighted by atomic mass is 35.5. The van der Waals surface area contributed by atoms with E-state index in [1.165, 1.54) is 18.2 Å². The Morgan fingerprint density at radius 2 is 1.84 bits per heavy atom. The molecule has 0 spiro atoms. The van der Waals surface area contributed by atoms with Crippen LogP contribution in [0.1, 0.15) is 52.2 Å². The summed E-state index contributed by atoms with van der Waals surface area (Å²) in [6, 6.07) is 9.13. The number of hydrogen-bond donors (Lipinski definition) is 0. The highest BCUT2D eigenvalue weighted by Crippen LogP contribution is 2.22. The molecule has 160 valence electrons. The zero-order valence-electron chi connectivity index (χ0n) is 16.7. The second-order valence-electron chi connectivity index (χ2n) is 7.50. The summed E-state index contributed by atoms with van der Waals surface area (Å²) in [5.74, 6) is -0.363. The van der Waals surface area contributed by atoms with Gasteiger partial charge in [0.25, 0.3) is 5.56 Å². The number of halogens is 2. The van der Waals surface area contributed by atoms with E-state index >= 15 is 0 Å². The predicted molar refractivity (Wildman–Crippen MR) is 119 cm³/mol. The predicted octanol–water partition coefficient (Wildman–Crippen LogP) is 4.86. The summed E-state index contributed by atoms with van der Waals surface area (Å²) in [6.07, 6.45) is 4.89. The van der Waals surface area contributed by atoms with Gasteiger partial charge in [-0.1, -0.05) is 36.0 Å². The quantitative estimate of drug-likeness (QED) is 0.411. The van der Waals surface area contributed by atoms with E-state index in [1.54, 1.807) is 22.8 Å². The van der Waals surface area contributed by atoms with Crippen LogP contribution in [0.3, 0.4) is 0 Å². The Balaban J connectivity index is 1.55. The van der Waals surface area contributed by atoms with Gasteiger partial charge in [-0.05, 0) is 49.2 Å². The molecule has 8 heteroatoms. The fourth-order valence-corrected chi connectivity index (χ4v) is 4.24. The number of rotatable bonds is 4. The highest BCUT2D eigenvalue weighted by Gasteiger charge is 2.17. The summed E-state index contributed by atoms with van der Waals surface area (Å²) in [5.41, 5.74) is 0.823. The van der Waals surface area contributed by atoms with Crippen molar-refractivity contribution in [2.24, 2.45) is 0 Å². The Morgan fingerprint density at radius 1 is 1.03 bits per heavy atom. The van der Waals surface area contributed by atoms with Crippen LogP contribution < -0.4 is 5.56 Å². The first-order chi connectivity index (χ1) is 14.9. The molecule has 0 radical (unpaired) electrons. The minimum atomic E-state index is -0.672. The van der Waals surface area contributed by atoms with Gasteiger partial charge in [0.15, 0.2) is 6.61 Å². The second-order valence-corrected chi connectivity index (χ2v) is 8.35. The standard InChI is InChI=1S/C23H20Cl2N2O4/c24-15-7-9-16(18(25)12-15)20(28)13-31-23(30)14-6-8-17-19(11-14)26-21-5-3-1-2-4-10-27(21)22(17)29/h6-9,11-12H,1-5,10,13H2. The van der Waals surface area contributed by atoms with E-state index < -0.39 is 18.4 Å². The molecule has 0 fully saturated rings. The number of esters is 1. The topological polar surface area (TPSA) is 78.3 Å². The number of hydrogen-bond acceptors (Lipinski definition) is 5. The van der Waals surface area contributed by atoms with Gasteiger partial charge in [0.1, 0.15) is 5.82 Å². The number of carbonyl (C=O) groups is 2. The third kappa shape index (κ3) is 4.65. The molecule has 1 aliphatic heterocycles. The number of aromatic nitrogens is 2. The van der Waals surface area contributed by atoms with Gasteiger partial charge in [-0.15, -0.1) is 0 Å². The molecule has 0 bridgehead atoms. The molecule has 0 saturated carbocycles. The molecule has 2 aromatic carbocycles. The normalized spacial score (nSPS) is 13.9. The van der Waals surface area contributed by atoms with Crippen LogP contribution >= 0.6 is 23.2 Å². The molecule has 0 atom stereocenters. The summed E-state index contributed by atoms with van der Waals surface area (Å²) in [5, 5.41) is 1.07. The first-order valence-corrected chi connectivity index (χ1v) is 10.9. The van der Waals surface area contributed by atoms with E-state index in [1.807, 2.05) is 0 Å². The Bertz CT molecular complexity index is 1240. The maximum atomic E-state index is 12.9. The summed E-state index contributed by atoms with van der Waals surface area (Å²) in [7, 11) is 0. The maximum absolute atomic E-state index is 12.9. The Labute approximate surface area is 188 Å². The van der Waals surface area contributed by atoms with Crippen molar-refractivity contribution in [3.05, 3.63) is 73.7 Å². The lowest BCUT2D eigenvalue weighted by Gasteiger charge is -2.16. The SMILES string of the molecule is O=C(OCC(=O)c1ccc(Cl)cc1Cl)c1ccc2c(=O)n3c(nc2c1)CCCCCC3. The lowest BCUT2D eigenvalue weighted by molar-refractivity contribution is 0.0475. The van der Waals surface area contributed by atoms with Crippen LogP contribution in [0.15, 0.2) is 41.2 Å². The zero-order valence-corrected chi connectivity index (χ0v) is 18.2. The first-order valence-electron chi connectivity index (χ1n) is 10.1. The van der Waals surface area contributed by atoms with E-state index in [-0.39, 0.29) is 21.7 Å². The smallest absolute Gasteiger partial charge is 0.338 e. The van der Waals surface area contributed by atoms with Crippen molar-refractivity contribution in [2.45, 2.75) is 38.6 Å². The molecule has 1 aromatic heterocycles. The third-order valence-electron chi connectivity index (χ3n) is 5.37. The number of ketones is 1. The lowest BCUT2D eigenvalue weighted by atomic mass is 10.1. The zero-order chi connectivity index (χ0) is 22.0. The maximum Gasteiger partial charge on any atom is 0.338 e. The van der Waals surface area contributed by atoms with Gasteiger partial charge in [-0.3, -0.25) is 14.2 Å². The van der Waals surface area contributed by atoms with Crippen molar-refractivity contribution >= 4 is 45.9 Å². The molecule has 0 aliphatic carbocycles. The average Bonchev–Trinajstić information content (AvgIpc) is 2.73. The van der Waals surface area contributed by atoms with Crippen LogP contribution in [-0.4, -0.2) is 27.9 Å². The van der Waals surface area contributed by atoms with Crippen molar-refractivity contribution in [1.29, 1.82) is 0 Å². The summed E-state index contributed by atoms with van der Waals surface area (Å²) in [6.45, 7) is 0.203. The van der Waals surface area contributed by atoms with Gasteiger partial charge in [0, 0.05) is 23.6 Å². The summed E-state index contributed by atoms with van der Waals surface area (Å²) >= 11 is 11.9. The van der Waals surface area contributed by atoms with Crippen molar-refractivity contribution in [3.63, 3.8) is 0 Å². The molecule has 0 N–H and O–H groups in total. The van der Waals surface area contributed by atoms with E-state index in [0.29, 0.717) is 22.5 Å². The van der Waals surface area contributed by atoms with E-state index in [9.17, 15) is 14.4 Å². The van der Waals surface area contributed by atoms with Gasteiger partial charge >= 0.3 is 5.97 Å². The van der Waals surface area contributed by atoms with Crippen LogP contribution in [-0.2, 0) is 17.7 Å². The Morgan fingerprint density at radius 3 is 2.65 bits per heavy atom. The first kappa shape index (κ1) is 21.5. The molecular formula is C23H20Cl2N2O4. The van der Waals surface area contributed by atoms with E-state index in [0.717, 1.165) is 37.9 Å². The number of aryl methyl sites for hydroxylation is 1. The monoisotopic (exact) mass is 458 g/mol. The number of carbonyl (C=O) groups excluding carboxylic acids is 2. The Hall–Kier alpha value is -2.70. The van der Waals surface area contributed by atoms with Crippen molar-refractivity contribution < 1.29 is 14.3 Å².